The lowest BCUT2D eigenvalue weighted by Gasteiger charge is -2.07. The van der Waals surface area contributed by atoms with Gasteiger partial charge in [0.15, 0.2) is 0 Å². The van der Waals surface area contributed by atoms with Gasteiger partial charge in [0.25, 0.3) is 5.69 Å². The number of thiazole rings is 1. The van der Waals surface area contributed by atoms with Crippen LogP contribution in [-0.4, -0.2) is 9.91 Å². The molecule has 124 valence electrons. The van der Waals surface area contributed by atoms with Crippen LogP contribution in [0.2, 0.25) is 0 Å². The molecule has 0 fully saturated rings. The maximum atomic E-state index is 11.3. The maximum Gasteiger partial charge on any atom is 0.273 e. The fourth-order valence-corrected chi connectivity index (χ4v) is 3.52. The quantitative estimate of drug-likeness (QED) is 0.359. The van der Waals surface area contributed by atoms with Crippen LogP contribution in [0.3, 0.4) is 0 Å². The summed E-state index contributed by atoms with van der Waals surface area (Å²) >= 11 is 1.43. The smallest absolute Gasteiger partial charge is 0.258 e. The monoisotopic (exact) mass is 349 g/mol. The van der Waals surface area contributed by atoms with Gasteiger partial charge in [0.05, 0.1) is 20.7 Å². The molecule has 6 heteroatoms. The van der Waals surface area contributed by atoms with Crippen LogP contribution in [0.1, 0.15) is 35.9 Å². The minimum atomic E-state index is -0.379. The van der Waals surface area contributed by atoms with Gasteiger partial charge >= 0.3 is 0 Å². The second kappa shape index (κ2) is 6.83. The SMILES string of the molecule is CC(C)c1ccc(/C=C(\C#N)c2nc3ccccc3s2)cc1[N+](=O)[O-]. The van der Waals surface area contributed by atoms with Crippen molar-refractivity contribution in [1.82, 2.24) is 4.98 Å². The molecule has 0 aliphatic carbocycles. The fourth-order valence-electron chi connectivity index (χ4n) is 2.59. The molecular formula is C19H15N3O2S. The summed E-state index contributed by atoms with van der Waals surface area (Å²) in [6, 6.07) is 14.9. The van der Waals surface area contributed by atoms with Gasteiger partial charge in [-0.2, -0.15) is 5.26 Å². The average molecular weight is 349 g/mol. The van der Waals surface area contributed by atoms with E-state index in [1.807, 2.05) is 38.1 Å². The Morgan fingerprint density at radius 2 is 2.08 bits per heavy atom. The number of para-hydroxylation sites is 1. The summed E-state index contributed by atoms with van der Waals surface area (Å²) < 4.78 is 1.000. The van der Waals surface area contributed by atoms with E-state index in [1.165, 1.54) is 17.4 Å². The molecule has 3 aromatic rings. The van der Waals surface area contributed by atoms with E-state index in [1.54, 1.807) is 18.2 Å². The normalized spacial score (nSPS) is 11.7. The number of fused-ring (bicyclic) bond motifs is 1. The van der Waals surface area contributed by atoms with Gasteiger partial charge in [-0.25, -0.2) is 4.98 Å². The first-order valence-electron chi connectivity index (χ1n) is 7.75. The highest BCUT2D eigenvalue weighted by molar-refractivity contribution is 7.19. The van der Waals surface area contributed by atoms with Crippen LogP contribution in [0.4, 0.5) is 5.69 Å². The van der Waals surface area contributed by atoms with Gasteiger partial charge in [-0.05, 0) is 29.7 Å². The summed E-state index contributed by atoms with van der Waals surface area (Å²) in [5, 5.41) is 21.4. The molecule has 0 aliphatic rings. The van der Waals surface area contributed by atoms with E-state index in [0.717, 1.165) is 10.2 Å². The van der Waals surface area contributed by atoms with Crippen LogP contribution in [0.25, 0.3) is 21.9 Å². The van der Waals surface area contributed by atoms with Crippen LogP contribution in [-0.2, 0) is 0 Å². The second-order valence-corrected chi connectivity index (χ2v) is 6.92. The Balaban J connectivity index is 2.07. The molecule has 25 heavy (non-hydrogen) atoms. The largest absolute Gasteiger partial charge is 0.273 e. The van der Waals surface area contributed by atoms with E-state index in [2.05, 4.69) is 11.1 Å². The highest BCUT2D eigenvalue weighted by atomic mass is 32.1. The van der Waals surface area contributed by atoms with Crippen LogP contribution in [0.15, 0.2) is 42.5 Å². The molecule has 0 saturated heterocycles. The van der Waals surface area contributed by atoms with Crippen molar-refractivity contribution in [3.05, 3.63) is 68.7 Å². The number of rotatable bonds is 4. The number of hydrogen-bond acceptors (Lipinski definition) is 5. The minimum absolute atomic E-state index is 0.0538. The van der Waals surface area contributed by atoms with Crippen LogP contribution < -0.4 is 0 Å². The first-order chi connectivity index (χ1) is 12.0. The summed E-state index contributed by atoms with van der Waals surface area (Å²) in [5.41, 5.74) is 2.61. The average Bonchev–Trinajstić information content (AvgIpc) is 3.03. The third kappa shape index (κ3) is 3.42. The molecule has 2 aromatic carbocycles. The number of benzene rings is 2. The van der Waals surface area contributed by atoms with Gasteiger partial charge < -0.3 is 0 Å². The van der Waals surface area contributed by atoms with E-state index in [0.29, 0.717) is 21.7 Å². The Kier molecular flexibility index (Phi) is 4.59. The van der Waals surface area contributed by atoms with E-state index < -0.39 is 0 Å². The van der Waals surface area contributed by atoms with Crippen molar-refractivity contribution in [1.29, 1.82) is 5.26 Å². The van der Waals surface area contributed by atoms with Gasteiger partial charge in [-0.15, -0.1) is 11.3 Å². The van der Waals surface area contributed by atoms with Gasteiger partial charge in [0.1, 0.15) is 11.1 Å². The van der Waals surface area contributed by atoms with Gasteiger partial charge in [0, 0.05) is 11.6 Å². The van der Waals surface area contributed by atoms with E-state index in [4.69, 9.17) is 0 Å². The Morgan fingerprint density at radius 1 is 1.32 bits per heavy atom. The Bertz CT molecular complexity index is 996. The fraction of sp³-hybridized carbons (Fsp3) is 0.158. The second-order valence-electron chi connectivity index (χ2n) is 5.89. The lowest BCUT2D eigenvalue weighted by molar-refractivity contribution is -0.385. The molecule has 1 heterocycles. The van der Waals surface area contributed by atoms with Gasteiger partial charge in [-0.3, -0.25) is 10.1 Å². The van der Waals surface area contributed by atoms with Crippen LogP contribution in [0.5, 0.6) is 0 Å². The molecule has 0 saturated carbocycles. The highest BCUT2D eigenvalue weighted by Gasteiger charge is 2.17. The lowest BCUT2D eigenvalue weighted by Crippen LogP contribution is -1.97. The number of nitro groups is 1. The highest BCUT2D eigenvalue weighted by Crippen LogP contribution is 2.31. The molecule has 3 rings (SSSR count). The lowest BCUT2D eigenvalue weighted by atomic mass is 9.98. The van der Waals surface area contributed by atoms with Crippen LogP contribution in [0, 0.1) is 21.4 Å². The summed E-state index contributed by atoms with van der Waals surface area (Å²) in [6.07, 6.45) is 1.65. The summed E-state index contributed by atoms with van der Waals surface area (Å²) in [4.78, 5) is 15.4. The molecule has 1 aromatic heterocycles. The van der Waals surface area contributed by atoms with Crippen molar-refractivity contribution in [2.75, 3.05) is 0 Å². The summed E-state index contributed by atoms with van der Waals surface area (Å²) in [6.45, 7) is 3.83. The Hall–Kier alpha value is -3.04. The van der Waals surface area contributed by atoms with Crippen molar-refractivity contribution in [3.8, 4) is 6.07 Å². The molecule has 0 bridgehead atoms. The predicted octanol–water partition coefficient (Wildman–Crippen LogP) is 5.39. The van der Waals surface area contributed by atoms with Crippen molar-refractivity contribution in [3.63, 3.8) is 0 Å². The summed E-state index contributed by atoms with van der Waals surface area (Å²) in [7, 11) is 0. The van der Waals surface area contributed by atoms with E-state index in [-0.39, 0.29) is 16.5 Å². The molecule has 5 nitrogen and oxygen atoms in total. The first kappa shape index (κ1) is 16.8. The molecular weight excluding hydrogens is 334 g/mol. The zero-order valence-electron chi connectivity index (χ0n) is 13.8. The molecule has 0 spiro atoms. The number of nitriles is 1. The molecule has 0 atom stereocenters. The van der Waals surface area contributed by atoms with Crippen molar-refractivity contribution in [2.24, 2.45) is 0 Å². The molecule has 0 N–H and O–H groups in total. The number of aromatic nitrogens is 1. The maximum absolute atomic E-state index is 11.3. The molecule has 0 aliphatic heterocycles. The topological polar surface area (TPSA) is 79.8 Å². The van der Waals surface area contributed by atoms with E-state index >= 15 is 0 Å². The molecule has 0 unspecified atom stereocenters. The molecule has 0 radical (unpaired) electrons. The van der Waals surface area contributed by atoms with Crippen molar-refractivity contribution < 1.29 is 4.92 Å². The number of nitrogens with zero attached hydrogens (tertiary/aromatic N) is 3. The van der Waals surface area contributed by atoms with Crippen molar-refractivity contribution in [2.45, 2.75) is 19.8 Å². The first-order valence-corrected chi connectivity index (χ1v) is 8.57. The molecule has 0 amide bonds. The standard InChI is InChI=1S/C19H15N3O2S/c1-12(2)15-8-7-13(10-17(15)22(23)24)9-14(11-20)19-21-16-5-3-4-6-18(16)25-19/h3-10,12H,1-2H3/b14-9+. The third-order valence-electron chi connectivity index (χ3n) is 3.83. The van der Waals surface area contributed by atoms with Gasteiger partial charge in [-0.1, -0.05) is 38.1 Å². The number of hydrogen-bond donors (Lipinski definition) is 0. The Labute approximate surface area is 149 Å². The van der Waals surface area contributed by atoms with Crippen molar-refractivity contribution >= 4 is 38.9 Å². The zero-order chi connectivity index (χ0) is 18.0. The zero-order valence-corrected chi connectivity index (χ0v) is 14.6. The summed E-state index contributed by atoms with van der Waals surface area (Å²) in [5.74, 6) is 0.0538. The number of nitro benzene ring substituents is 1. The van der Waals surface area contributed by atoms with E-state index in [9.17, 15) is 15.4 Å². The van der Waals surface area contributed by atoms with Crippen LogP contribution >= 0.6 is 11.3 Å². The number of allylic oxidation sites excluding steroid dienone is 1. The third-order valence-corrected chi connectivity index (χ3v) is 4.90. The Morgan fingerprint density at radius 3 is 2.72 bits per heavy atom. The predicted molar refractivity (Wildman–Crippen MR) is 100 cm³/mol. The minimum Gasteiger partial charge on any atom is -0.258 e. The van der Waals surface area contributed by atoms with Gasteiger partial charge in [0.2, 0.25) is 0 Å².